The minimum absolute atomic E-state index is 0.0366. The van der Waals surface area contributed by atoms with Gasteiger partial charge in [0.1, 0.15) is 0 Å². The molecule has 0 aromatic heterocycles. The van der Waals surface area contributed by atoms with Crippen molar-refractivity contribution in [3.8, 4) is 0 Å². The Hall–Kier alpha value is -2.12. The van der Waals surface area contributed by atoms with Crippen LogP contribution in [0, 0.1) is 11.8 Å². The van der Waals surface area contributed by atoms with Gasteiger partial charge in [-0.15, -0.1) is 0 Å². The lowest BCUT2D eigenvalue weighted by Gasteiger charge is -2.36. The molecule has 1 aromatic rings. The van der Waals surface area contributed by atoms with Gasteiger partial charge in [-0.05, 0) is 37.1 Å². The number of nitrogens with one attached hydrogen (secondary N) is 1. The first-order chi connectivity index (χ1) is 15.0. The lowest BCUT2D eigenvalue weighted by Crippen LogP contribution is -2.51. The summed E-state index contributed by atoms with van der Waals surface area (Å²) in [7, 11) is 0. The third kappa shape index (κ3) is 5.39. The van der Waals surface area contributed by atoms with Gasteiger partial charge in [-0.2, -0.15) is 0 Å². The molecule has 3 aliphatic rings. The van der Waals surface area contributed by atoms with E-state index in [1.165, 1.54) is 12.8 Å². The van der Waals surface area contributed by atoms with Gasteiger partial charge in [0.25, 0.3) is 0 Å². The van der Waals surface area contributed by atoms with E-state index < -0.39 is 0 Å². The predicted octanol–water partition coefficient (Wildman–Crippen LogP) is 2.14. The average molecular weight is 447 g/mol. The molecule has 3 fully saturated rings. The Morgan fingerprint density at radius 1 is 1.00 bits per heavy atom. The summed E-state index contributed by atoms with van der Waals surface area (Å²) in [6, 6.07) is 7.10. The molecule has 2 aliphatic heterocycles. The van der Waals surface area contributed by atoms with Crippen LogP contribution in [0.4, 0.5) is 5.69 Å². The van der Waals surface area contributed by atoms with Crippen molar-refractivity contribution in [1.82, 2.24) is 15.1 Å². The lowest BCUT2D eigenvalue weighted by molar-refractivity contribution is -0.137. The number of hydrogen-bond acceptors (Lipinski definition) is 4. The van der Waals surface area contributed by atoms with Gasteiger partial charge in [-0.25, -0.2) is 0 Å². The topological polar surface area (TPSA) is 73.0 Å². The fraction of sp³-hybridized carbons (Fsp3) is 0.609. The number of hydrogen-bond donors (Lipinski definition) is 1. The standard InChI is InChI=1S/C23H31ClN4O3/c24-19-5-7-20(8-6-19)28-16-18(15-21(28)29)22(30)25-9-10-26-11-13-27(14-12-26)23(31)17-3-1-2-4-17/h5-8,17-18H,1-4,9-16H2,(H,25,30). The summed E-state index contributed by atoms with van der Waals surface area (Å²) in [4.78, 5) is 43.4. The Morgan fingerprint density at radius 3 is 2.35 bits per heavy atom. The van der Waals surface area contributed by atoms with Gasteiger partial charge in [0.2, 0.25) is 17.7 Å². The highest BCUT2D eigenvalue weighted by molar-refractivity contribution is 6.30. The SMILES string of the molecule is O=C(NCCN1CCN(C(=O)C2CCCC2)CC1)C1CC(=O)N(c2ccc(Cl)cc2)C1. The van der Waals surface area contributed by atoms with Crippen LogP contribution in [0.3, 0.4) is 0 Å². The van der Waals surface area contributed by atoms with E-state index in [1.807, 2.05) is 4.90 Å². The fourth-order valence-corrected chi connectivity index (χ4v) is 4.98. The highest BCUT2D eigenvalue weighted by Gasteiger charge is 2.35. The second kappa shape index (κ2) is 10.0. The number of carbonyl (C=O) groups is 3. The van der Waals surface area contributed by atoms with Gasteiger partial charge in [0.05, 0.1) is 5.92 Å². The molecule has 7 nitrogen and oxygen atoms in total. The maximum absolute atomic E-state index is 12.6. The van der Waals surface area contributed by atoms with Gasteiger partial charge < -0.3 is 15.1 Å². The molecule has 31 heavy (non-hydrogen) atoms. The summed E-state index contributed by atoms with van der Waals surface area (Å²) in [6.45, 7) is 4.96. The van der Waals surface area contributed by atoms with Crippen LogP contribution >= 0.6 is 11.6 Å². The van der Waals surface area contributed by atoms with Crippen LogP contribution in [-0.2, 0) is 14.4 Å². The number of anilines is 1. The number of benzene rings is 1. The molecule has 1 atom stereocenters. The number of carbonyl (C=O) groups excluding carboxylic acids is 3. The molecule has 8 heteroatoms. The van der Waals surface area contributed by atoms with Crippen molar-refractivity contribution in [2.45, 2.75) is 32.1 Å². The first-order valence-corrected chi connectivity index (χ1v) is 11.7. The maximum atomic E-state index is 12.6. The summed E-state index contributed by atoms with van der Waals surface area (Å²) in [6.07, 6.45) is 4.69. The average Bonchev–Trinajstić information content (AvgIpc) is 3.44. The van der Waals surface area contributed by atoms with Gasteiger partial charge in [0, 0.05) is 68.9 Å². The summed E-state index contributed by atoms with van der Waals surface area (Å²) in [5, 5.41) is 3.61. The molecule has 0 spiro atoms. The maximum Gasteiger partial charge on any atom is 0.227 e. The second-order valence-electron chi connectivity index (χ2n) is 8.82. The molecule has 0 radical (unpaired) electrons. The minimum atomic E-state index is -0.330. The zero-order valence-corrected chi connectivity index (χ0v) is 18.6. The van der Waals surface area contributed by atoms with Gasteiger partial charge in [0.15, 0.2) is 0 Å². The second-order valence-corrected chi connectivity index (χ2v) is 9.26. The van der Waals surface area contributed by atoms with Crippen molar-refractivity contribution >= 4 is 35.0 Å². The first-order valence-electron chi connectivity index (χ1n) is 11.4. The highest BCUT2D eigenvalue weighted by atomic mass is 35.5. The molecular formula is C23H31ClN4O3. The van der Waals surface area contributed by atoms with E-state index in [4.69, 9.17) is 11.6 Å². The molecule has 0 bridgehead atoms. The zero-order chi connectivity index (χ0) is 21.8. The summed E-state index contributed by atoms with van der Waals surface area (Å²) >= 11 is 5.92. The summed E-state index contributed by atoms with van der Waals surface area (Å²) in [5.74, 6) is 0.142. The summed E-state index contributed by atoms with van der Waals surface area (Å²) < 4.78 is 0. The van der Waals surface area contributed by atoms with Crippen molar-refractivity contribution in [3.63, 3.8) is 0 Å². The van der Waals surface area contributed by atoms with Gasteiger partial charge in [-0.1, -0.05) is 24.4 Å². The number of nitrogens with zero attached hydrogens (tertiary/aromatic N) is 3. The number of amides is 3. The van der Waals surface area contributed by atoms with E-state index in [9.17, 15) is 14.4 Å². The molecule has 3 amide bonds. The molecule has 168 valence electrons. The van der Waals surface area contributed by atoms with Crippen LogP contribution in [0.25, 0.3) is 0 Å². The van der Waals surface area contributed by atoms with E-state index in [2.05, 4.69) is 10.2 Å². The minimum Gasteiger partial charge on any atom is -0.355 e. The molecule has 1 aliphatic carbocycles. The fourth-order valence-electron chi connectivity index (χ4n) is 4.86. The van der Waals surface area contributed by atoms with E-state index in [1.54, 1.807) is 29.2 Å². The Bertz CT molecular complexity index is 802. The van der Waals surface area contributed by atoms with Crippen LogP contribution in [0.1, 0.15) is 32.1 Å². The Labute approximate surface area is 188 Å². The van der Waals surface area contributed by atoms with Crippen LogP contribution in [0.5, 0.6) is 0 Å². The third-order valence-electron chi connectivity index (χ3n) is 6.75. The van der Waals surface area contributed by atoms with Gasteiger partial charge >= 0.3 is 0 Å². The van der Waals surface area contributed by atoms with E-state index in [0.717, 1.165) is 51.3 Å². The number of rotatable bonds is 6. The van der Waals surface area contributed by atoms with Crippen LogP contribution in [0.15, 0.2) is 24.3 Å². The van der Waals surface area contributed by atoms with E-state index >= 15 is 0 Å². The van der Waals surface area contributed by atoms with Crippen LogP contribution in [0.2, 0.25) is 5.02 Å². The normalized spacial score (nSPS) is 22.9. The Balaban J connectivity index is 1.17. The molecule has 1 aromatic carbocycles. The molecule has 2 heterocycles. The van der Waals surface area contributed by atoms with E-state index in [-0.39, 0.29) is 30.1 Å². The Kier molecular flexibility index (Phi) is 7.13. The smallest absolute Gasteiger partial charge is 0.227 e. The third-order valence-corrected chi connectivity index (χ3v) is 7.00. The monoisotopic (exact) mass is 446 g/mol. The largest absolute Gasteiger partial charge is 0.355 e. The molecule has 1 N–H and O–H groups in total. The molecular weight excluding hydrogens is 416 g/mol. The van der Waals surface area contributed by atoms with Crippen molar-refractivity contribution in [2.24, 2.45) is 11.8 Å². The van der Waals surface area contributed by atoms with Crippen molar-refractivity contribution in [2.75, 3.05) is 50.7 Å². The predicted molar refractivity (Wildman–Crippen MR) is 120 cm³/mol. The Morgan fingerprint density at radius 2 is 1.68 bits per heavy atom. The number of piperazine rings is 1. The zero-order valence-electron chi connectivity index (χ0n) is 17.9. The molecule has 1 unspecified atom stereocenters. The van der Waals surface area contributed by atoms with Crippen LogP contribution in [-0.4, -0.2) is 73.3 Å². The number of halogens is 1. The first kappa shape index (κ1) is 22.1. The van der Waals surface area contributed by atoms with E-state index in [0.29, 0.717) is 24.0 Å². The lowest BCUT2D eigenvalue weighted by atomic mass is 10.1. The molecule has 2 saturated heterocycles. The summed E-state index contributed by atoms with van der Waals surface area (Å²) in [5.41, 5.74) is 0.773. The van der Waals surface area contributed by atoms with Crippen molar-refractivity contribution < 1.29 is 14.4 Å². The molecule has 4 rings (SSSR count). The van der Waals surface area contributed by atoms with Crippen molar-refractivity contribution in [3.05, 3.63) is 29.3 Å². The highest BCUT2D eigenvalue weighted by Crippen LogP contribution is 2.27. The quantitative estimate of drug-likeness (QED) is 0.726. The molecule has 1 saturated carbocycles. The van der Waals surface area contributed by atoms with Crippen molar-refractivity contribution in [1.29, 1.82) is 0 Å². The van der Waals surface area contributed by atoms with Crippen LogP contribution < -0.4 is 10.2 Å². The van der Waals surface area contributed by atoms with Gasteiger partial charge in [-0.3, -0.25) is 19.3 Å².